The number of phenols is 1. The Hall–Kier alpha value is -2.83. The van der Waals surface area contributed by atoms with Crippen LogP contribution >= 0.6 is 22.9 Å². The zero-order chi connectivity index (χ0) is 19.4. The fraction of sp³-hybridized carbons (Fsp3) is 0.100. The Balaban J connectivity index is 1.95. The lowest BCUT2D eigenvalue weighted by Crippen LogP contribution is -2.20. The Morgan fingerprint density at radius 1 is 1.26 bits per heavy atom. The van der Waals surface area contributed by atoms with Gasteiger partial charge in [0.05, 0.1) is 15.8 Å². The molecular formula is C20H16ClNO4S. The van der Waals surface area contributed by atoms with Gasteiger partial charge in [-0.15, -0.1) is 11.3 Å². The number of Topliss-reactive ketones (excluding diaryl/α,β-unsaturated/α-hetero) is 1. The van der Waals surface area contributed by atoms with Crippen LogP contribution in [0.1, 0.15) is 22.8 Å². The predicted octanol–water partition coefficient (Wildman–Crippen LogP) is 2.69. The van der Waals surface area contributed by atoms with Gasteiger partial charge in [0.1, 0.15) is 0 Å². The van der Waals surface area contributed by atoms with Gasteiger partial charge < -0.3 is 14.8 Å². The summed E-state index contributed by atoms with van der Waals surface area (Å²) in [5.74, 6) is 0.166. The van der Waals surface area contributed by atoms with Crippen LogP contribution in [-0.2, 0) is 0 Å². The third kappa shape index (κ3) is 4.67. The van der Waals surface area contributed by atoms with Gasteiger partial charge in [-0.25, -0.2) is 0 Å². The number of hydrogen-bond acceptors (Lipinski definition) is 5. The van der Waals surface area contributed by atoms with Crippen molar-refractivity contribution in [2.24, 2.45) is 0 Å². The van der Waals surface area contributed by atoms with Gasteiger partial charge in [0, 0.05) is 16.7 Å². The number of H-pyrrole nitrogens is 1. The van der Waals surface area contributed by atoms with E-state index in [2.05, 4.69) is 4.98 Å². The summed E-state index contributed by atoms with van der Waals surface area (Å²) in [6.45, 7) is 2.24. The van der Waals surface area contributed by atoms with Crippen molar-refractivity contribution in [1.29, 1.82) is 0 Å². The Bertz CT molecular complexity index is 1150. The first-order chi connectivity index (χ1) is 13.0. The molecule has 0 bridgehead atoms. The lowest BCUT2D eigenvalue weighted by atomic mass is 10.1. The molecule has 3 rings (SSSR count). The van der Waals surface area contributed by atoms with Gasteiger partial charge in [-0.3, -0.25) is 9.59 Å². The number of aromatic amines is 1. The molecule has 0 saturated carbocycles. The van der Waals surface area contributed by atoms with Crippen LogP contribution in [0.5, 0.6) is 11.5 Å². The fourth-order valence-corrected chi connectivity index (χ4v) is 3.40. The number of benzene rings is 2. The van der Waals surface area contributed by atoms with Gasteiger partial charge in [-0.1, -0.05) is 17.7 Å². The first-order valence-corrected chi connectivity index (χ1v) is 9.34. The molecule has 7 heteroatoms. The molecule has 3 aromatic rings. The van der Waals surface area contributed by atoms with E-state index in [-0.39, 0.29) is 17.1 Å². The second-order valence-corrected chi connectivity index (χ2v) is 7.12. The van der Waals surface area contributed by atoms with E-state index in [4.69, 9.17) is 16.3 Å². The lowest BCUT2D eigenvalue weighted by molar-refractivity contribution is 0.106. The third-order valence-corrected chi connectivity index (χ3v) is 4.87. The number of halogens is 1. The molecule has 0 amide bonds. The molecule has 27 heavy (non-hydrogen) atoms. The highest BCUT2D eigenvalue weighted by molar-refractivity contribution is 7.07. The summed E-state index contributed by atoms with van der Waals surface area (Å²) < 4.78 is 6.24. The SMILES string of the molecule is CCOc1cc(/C=c2\s/c(=C\C(=O)c3ccc(Cl)cc3)[nH]c2=O)ccc1O. The van der Waals surface area contributed by atoms with E-state index >= 15 is 0 Å². The van der Waals surface area contributed by atoms with Crippen molar-refractivity contribution in [1.82, 2.24) is 4.98 Å². The number of ether oxygens (including phenoxy) is 1. The van der Waals surface area contributed by atoms with E-state index in [1.165, 1.54) is 23.5 Å². The van der Waals surface area contributed by atoms with E-state index in [0.717, 1.165) is 0 Å². The average molecular weight is 402 g/mol. The number of carbonyl (C=O) groups is 1. The van der Waals surface area contributed by atoms with Crippen molar-refractivity contribution in [2.75, 3.05) is 6.61 Å². The molecule has 0 spiro atoms. The molecule has 0 unspecified atom stereocenters. The van der Waals surface area contributed by atoms with E-state index in [1.54, 1.807) is 42.5 Å². The van der Waals surface area contributed by atoms with Crippen LogP contribution in [-0.4, -0.2) is 22.5 Å². The summed E-state index contributed by atoms with van der Waals surface area (Å²) >= 11 is 7.00. The molecule has 1 heterocycles. The van der Waals surface area contributed by atoms with Crippen molar-refractivity contribution in [3.05, 3.63) is 78.2 Å². The minimum Gasteiger partial charge on any atom is -0.504 e. The Labute approximate surface area is 163 Å². The molecule has 0 radical (unpaired) electrons. The maximum atomic E-state index is 12.3. The van der Waals surface area contributed by atoms with Crippen molar-refractivity contribution in [3.8, 4) is 11.5 Å². The predicted molar refractivity (Wildman–Crippen MR) is 107 cm³/mol. The van der Waals surface area contributed by atoms with Crippen LogP contribution in [0.3, 0.4) is 0 Å². The largest absolute Gasteiger partial charge is 0.504 e. The van der Waals surface area contributed by atoms with Gasteiger partial charge in [-0.2, -0.15) is 0 Å². The molecule has 0 atom stereocenters. The third-order valence-electron chi connectivity index (χ3n) is 3.65. The molecule has 2 N–H and O–H groups in total. The van der Waals surface area contributed by atoms with E-state index in [0.29, 0.717) is 37.7 Å². The number of phenolic OH excluding ortho intramolecular Hbond substituents is 1. The summed E-state index contributed by atoms with van der Waals surface area (Å²) in [6, 6.07) is 11.4. The van der Waals surface area contributed by atoms with Crippen LogP contribution in [0.25, 0.3) is 12.2 Å². The Morgan fingerprint density at radius 2 is 2.00 bits per heavy atom. The van der Waals surface area contributed by atoms with Gasteiger partial charge in [0.15, 0.2) is 17.3 Å². The summed E-state index contributed by atoms with van der Waals surface area (Å²) in [7, 11) is 0. The number of carbonyl (C=O) groups excluding carboxylic acids is 1. The number of aromatic nitrogens is 1. The normalized spacial score (nSPS) is 12.4. The summed E-state index contributed by atoms with van der Waals surface area (Å²) in [6.07, 6.45) is 3.06. The lowest BCUT2D eigenvalue weighted by Gasteiger charge is -2.05. The second kappa shape index (κ2) is 8.24. The molecule has 0 aliphatic heterocycles. The first kappa shape index (κ1) is 18.9. The van der Waals surface area contributed by atoms with Crippen molar-refractivity contribution >= 4 is 40.9 Å². The van der Waals surface area contributed by atoms with Crippen molar-refractivity contribution in [2.45, 2.75) is 6.92 Å². The second-order valence-electron chi connectivity index (χ2n) is 5.60. The number of hydrogen-bond donors (Lipinski definition) is 2. The molecule has 138 valence electrons. The maximum Gasteiger partial charge on any atom is 0.266 e. The zero-order valence-electron chi connectivity index (χ0n) is 14.4. The average Bonchev–Trinajstić information content (AvgIpc) is 2.97. The molecule has 0 saturated heterocycles. The quantitative estimate of drug-likeness (QED) is 0.644. The topological polar surface area (TPSA) is 79.4 Å². The van der Waals surface area contributed by atoms with Crippen LogP contribution in [0.4, 0.5) is 0 Å². The smallest absolute Gasteiger partial charge is 0.266 e. The number of thiazole rings is 1. The van der Waals surface area contributed by atoms with Gasteiger partial charge in [0.2, 0.25) is 0 Å². The molecular weight excluding hydrogens is 386 g/mol. The molecule has 0 fully saturated rings. The zero-order valence-corrected chi connectivity index (χ0v) is 15.9. The standard InChI is InChI=1S/C20H16ClNO4S/c1-2-26-17-9-12(3-8-15(17)23)10-18-20(25)22-19(27-18)11-16(24)13-4-6-14(21)7-5-13/h3-11,23H,2H2,1H3,(H,22,25)/b18-10-,19-11-. The molecule has 1 aromatic heterocycles. The minimum absolute atomic E-state index is 0.0386. The fourth-order valence-electron chi connectivity index (χ4n) is 2.38. The number of ketones is 1. The minimum atomic E-state index is -0.291. The van der Waals surface area contributed by atoms with Crippen LogP contribution in [0.2, 0.25) is 5.02 Å². The first-order valence-electron chi connectivity index (χ1n) is 8.14. The van der Waals surface area contributed by atoms with E-state index in [9.17, 15) is 14.7 Å². The van der Waals surface area contributed by atoms with E-state index < -0.39 is 0 Å². The highest BCUT2D eigenvalue weighted by Crippen LogP contribution is 2.26. The maximum absolute atomic E-state index is 12.3. The highest BCUT2D eigenvalue weighted by atomic mass is 35.5. The van der Waals surface area contributed by atoms with Gasteiger partial charge in [0.25, 0.3) is 5.56 Å². The molecule has 0 aliphatic rings. The van der Waals surface area contributed by atoms with Gasteiger partial charge >= 0.3 is 0 Å². The summed E-state index contributed by atoms with van der Waals surface area (Å²) in [4.78, 5) is 27.1. The Morgan fingerprint density at radius 3 is 2.70 bits per heavy atom. The van der Waals surface area contributed by atoms with Crippen LogP contribution in [0, 0.1) is 0 Å². The molecule has 2 aromatic carbocycles. The van der Waals surface area contributed by atoms with Crippen molar-refractivity contribution < 1.29 is 14.6 Å². The monoisotopic (exact) mass is 401 g/mol. The number of rotatable bonds is 5. The summed E-state index contributed by atoms with van der Waals surface area (Å²) in [5.41, 5.74) is 0.902. The molecule has 0 aliphatic carbocycles. The van der Waals surface area contributed by atoms with Crippen molar-refractivity contribution in [3.63, 3.8) is 0 Å². The van der Waals surface area contributed by atoms with E-state index in [1.807, 2.05) is 6.92 Å². The van der Waals surface area contributed by atoms with Crippen LogP contribution in [0.15, 0.2) is 47.3 Å². The number of aromatic hydroxyl groups is 1. The molecule has 5 nitrogen and oxygen atoms in total. The van der Waals surface area contributed by atoms with Gasteiger partial charge in [-0.05, 0) is 55.0 Å². The summed E-state index contributed by atoms with van der Waals surface area (Å²) in [5, 5.41) is 10.3. The number of nitrogens with one attached hydrogen (secondary N) is 1. The van der Waals surface area contributed by atoms with Crippen LogP contribution < -0.4 is 19.5 Å². The Kier molecular flexibility index (Phi) is 5.78. The highest BCUT2D eigenvalue weighted by Gasteiger charge is 2.05.